The molecule has 0 bridgehead atoms. The molecule has 6 heteroatoms. The Hall–Kier alpha value is -2.34. The third kappa shape index (κ3) is 5.08. The minimum Gasteiger partial charge on any atom is -0.324 e. The zero-order chi connectivity index (χ0) is 19.4. The van der Waals surface area contributed by atoms with Crippen LogP contribution in [0.4, 0.5) is 16.2 Å². The summed E-state index contributed by atoms with van der Waals surface area (Å²) in [4.78, 5) is 26.1. The number of hydrogen-bond donors (Lipinski definition) is 2. The third-order valence-corrected chi connectivity index (χ3v) is 4.60. The van der Waals surface area contributed by atoms with Gasteiger partial charge in [-0.1, -0.05) is 39.7 Å². The van der Waals surface area contributed by atoms with Gasteiger partial charge in [-0.05, 0) is 56.5 Å². The van der Waals surface area contributed by atoms with Crippen LogP contribution in [-0.2, 0) is 4.79 Å². The van der Waals surface area contributed by atoms with Crippen molar-refractivity contribution >= 4 is 39.2 Å². The summed E-state index contributed by atoms with van der Waals surface area (Å²) in [5, 5.41) is 5.73. The van der Waals surface area contributed by atoms with E-state index in [0.29, 0.717) is 5.69 Å². The zero-order valence-corrected chi connectivity index (χ0v) is 17.3. The van der Waals surface area contributed by atoms with Gasteiger partial charge in [-0.15, -0.1) is 0 Å². The highest BCUT2D eigenvalue weighted by atomic mass is 79.9. The topological polar surface area (TPSA) is 61.4 Å². The summed E-state index contributed by atoms with van der Waals surface area (Å²) in [6.07, 6.45) is 0. The molecule has 0 saturated carbocycles. The molecule has 0 radical (unpaired) electrons. The standard InChI is InChI=1S/C20H24BrN3O2/c1-12-8-14(3)19(15(4)9-12)23-18(25)11-24(5)20(26)22-17-10-16(21)7-6-13(17)2/h6-10H,11H2,1-5H3,(H,22,26)(H,23,25). The minimum atomic E-state index is -0.335. The average Bonchev–Trinajstić information content (AvgIpc) is 2.54. The predicted octanol–water partition coefficient (Wildman–Crippen LogP) is 4.79. The largest absolute Gasteiger partial charge is 0.324 e. The first-order chi connectivity index (χ1) is 12.2. The smallest absolute Gasteiger partial charge is 0.322 e. The predicted molar refractivity (Wildman–Crippen MR) is 110 cm³/mol. The minimum absolute atomic E-state index is 0.0361. The summed E-state index contributed by atoms with van der Waals surface area (Å²) in [7, 11) is 1.59. The second-order valence-corrected chi connectivity index (χ2v) is 7.48. The summed E-state index contributed by atoms with van der Waals surface area (Å²) in [6, 6.07) is 9.37. The number of benzene rings is 2. The van der Waals surface area contributed by atoms with Crippen LogP contribution in [0.5, 0.6) is 0 Å². The molecule has 0 unspecified atom stereocenters. The number of urea groups is 1. The average molecular weight is 418 g/mol. The van der Waals surface area contributed by atoms with Gasteiger partial charge in [-0.2, -0.15) is 0 Å². The number of nitrogens with zero attached hydrogens (tertiary/aromatic N) is 1. The molecule has 2 aromatic rings. The molecule has 0 spiro atoms. The summed E-state index contributed by atoms with van der Waals surface area (Å²) < 4.78 is 0.879. The van der Waals surface area contributed by atoms with Crippen LogP contribution in [-0.4, -0.2) is 30.4 Å². The van der Waals surface area contributed by atoms with Crippen LogP contribution in [0.15, 0.2) is 34.8 Å². The lowest BCUT2D eigenvalue weighted by atomic mass is 10.1. The number of halogens is 1. The van der Waals surface area contributed by atoms with E-state index in [1.807, 2.05) is 58.0 Å². The maximum Gasteiger partial charge on any atom is 0.322 e. The fourth-order valence-electron chi connectivity index (χ4n) is 2.78. The number of likely N-dealkylation sites (N-methyl/N-ethyl adjacent to an activating group) is 1. The molecule has 3 amide bonds. The molecule has 0 heterocycles. The second-order valence-electron chi connectivity index (χ2n) is 6.57. The number of aryl methyl sites for hydroxylation is 4. The first-order valence-electron chi connectivity index (χ1n) is 8.33. The third-order valence-electron chi connectivity index (χ3n) is 4.11. The van der Waals surface area contributed by atoms with E-state index in [-0.39, 0.29) is 18.5 Å². The van der Waals surface area contributed by atoms with E-state index in [2.05, 4.69) is 26.6 Å². The lowest BCUT2D eigenvalue weighted by Gasteiger charge is -2.19. The van der Waals surface area contributed by atoms with Gasteiger partial charge in [-0.25, -0.2) is 4.79 Å². The van der Waals surface area contributed by atoms with Crippen molar-refractivity contribution in [3.05, 3.63) is 57.1 Å². The van der Waals surface area contributed by atoms with Gasteiger partial charge in [-0.3, -0.25) is 4.79 Å². The van der Waals surface area contributed by atoms with Crippen molar-refractivity contribution in [1.82, 2.24) is 4.90 Å². The second kappa shape index (κ2) is 8.36. The molecule has 26 heavy (non-hydrogen) atoms. The van der Waals surface area contributed by atoms with Crippen LogP contribution in [0.3, 0.4) is 0 Å². The van der Waals surface area contributed by atoms with Crippen molar-refractivity contribution in [3.8, 4) is 0 Å². The summed E-state index contributed by atoms with van der Waals surface area (Å²) in [5.41, 5.74) is 5.63. The lowest BCUT2D eigenvalue weighted by Crippen LogP contribution is -2.38. The van der Waals surface area contributed by atoms with Gasteiger partial charge < -0.3 is 15.5 Å². The molecular weight excluding hydrogens is 394 g/mol. The summed E-state index contributed by atoms with van der Waals surface area (Å²) in [6.45, 7) is 7.82. The van der Waals surface area contributed by atoms with Crippen LogP contribution in [0.1, 0.15) is 22.3 Å². The van der Waals surface area contributed by atoms with Crippen molar-refractivity contribution in [1.29, 1.82) is 0 Å². The Morgan fingerprint density at radius 1 is 0.962 bits per heavy atom. The molecule has 0 atom stereocenters. The number of amides is 3. The summed E-state index contributed by atoms with van der Waals surface area (Å²) >= 11 is 3.39. The van der Waals surface area contributed by atoms with Crippen LogP contribution >= 0.6 is 15.9 Å². The first kappa shape index (κ1) is 20.0. The Labute approximate surface area is 162 Å². The van der Waals surface area contributed by atoms with Gasteiger partial charge in [0.15, 0.2) is 0 Å². The molecule has 2 aromatic carbocycles. The maximum atomic E-state index is 12.4. The Bertz CT molecular complexity index is 826. The monoisotopic (exact) mass is 417 g/mol. The molecule has 2 rings (SSSR count). The Kier molecular flexibility index (Phi) is 6.42. The summed E-state index contributed by atoms with van der Waals surface area (Å²) in [5.74, 6) is -0.233. The van der Waals surface area contributed by atoms with Gasteiger partial charge in [0, 0.05) is 22.9 Å². The highest BCUT2D eigenvalue weighted by Gasteiger charge is 2.15. The van der Waals surface area contributed by atoms with Crippen molar-refractivity contribution in [2.75, 3.05) is 24.2 Å². The normalized spacial score (nSPS) is 10.4. The highest BCUT2D eigenvalue weighted by Crippen LogP contribution is 2.22. The van der Waals surface area contributed by atoms with Crippen molar-refractivity contribution in [3.63, 3.8) is 0 Å². The van der Waals surface area contributed by atoms with E-state index >= 15 is 0 Å². The Morgan fingerprint density at radius 2 is 1.58 bits per heavy atom. The zero-order valence-electron chi connectivity index (χ0n) is 15.7. The number of hydrogen-bond acceptors (Lipinski definition) is 2. The van der Waals surface area contributed by atoms with E-state index in [9.17, 15) is 9.59 Å². The number of rotatable bonds is 4. The fourth-order valence-corrected chi connectivity index (χ4v) is 3.14. The van der Waals surface area contributed by atoms with Gasteiger partial charge in [0.2, 0.25) is 5.91 Å². The molecule has 0 aliphatic heterocycles. The Morgan fingerprint density at radius 3 is 2.19 bits per heavy atom. The first-order valence-corrected chi connectivity index (χ1v) is 9.12. The number of nitrogens with one attached hydrogen (secondary N) is 2. The van der Waals surface area contributed by atoms with E-state index in [1.165, 1.54) is 4.90 Å². The lowest BCUT2D eigenvalue weighted by molar-refractivity contribution is -0.116. The van der Waals surface area contributed by atoms with Crippen LogP contribution < -0.4 is 10.6 Å². The number of carbonyl (C=O) groups is 2. The SMILES string of the molecule is Cc1cc(C)c(NC(=O)CN(C)C(=O)Nc2cc(Br)ccc2C)c(C)c1. The molecule has 0 aromatic heterocycles. The quantitative estimate of drug-likeness (QED) is 0.751. The van der Waals surface area contributed by atoms with E-state index in [0.717, 1.165) is 32.4 Å². The van der Waals surface area contributed by atoms with Gasteiger partial charge in [0.05, 0.1) is 0 Å². The van der Waals surface area contributed by atoms with Gasteiger partial charge in [0.1, 0.15) is 6.54 Å². The molecule has 5 nitrogen and oxygen atoms in total. The molecule has 0 aliphatic rings. The van der Waals surface area contributed by atoms with Crippen LogP contribution in [0.2, 0.25) is 0 Å². The molecule has 2 N–H and O–H groups in total. The van der Waals surface area contributed by atoms with E-state index in [4.69, 9.17) is 0 Å². The van der Waals surface area contributed by atoms with Gasteiger partial charge >= 0.3 is 6.03 Å². The Balaban J connectivity index is 2.00. The van der Waals surface area contributed by atoms with Crippen LogP contribution in [0.25, 0.3) is 0 Å². The fraction of sp³-hybridized carbons (Fsp3) is 0.300. The van der Waals surface area contributed by atoms with Gasteiger partial charge in [0.25, 0.3) is 0 Å². The number of carbonyl (C=O) groups excluding carboxylic acids is 2. The molecular formula is C20H24BrN3O2. The van der Waals surface area contributed by atoms with Crippen molar-refractivity contribution < 1.29 is 9.59 Å². The van der Waals surface area contributed by atoms with Crippen molar-refractivity contribution in [2.24, 2.45) is 0 Å². The highest BCUT2D eigenvalue weighted by molar-refractivity contribution is 9.10. The number of anilines is 2. The van der Waals surface area contributed by atoms with Crippen molar-refractivity contribution in [2.45, 2.75) is 27.7 Å². The van der Waals surface area contributed by atoms with Crippen LogP contribution in [0, 0.1) is 27.7 Å². The maximum absolute atomic E-state index is 12.4. The molecule has 138 valence electrons. The molecule has 0 aliphatic carbocycles. The van der Waals surface area contributed by atoms with E-state index in [1.54, 1.807) is 7.05 Å². The molecule has 0 fully saturated rings. The van der Waals surface area contributed by atoms with E-state index < -0.39 is 0 Å². The molecule has 0 saturated heterocycles.